The number of nitrogens with two attached hydrogens (primary N) is 1. The Bertz CT molecular complexity index is 765. The molecule has 1 saturated carbocycles. The van der Waals surface area contributed by atoms with E-state index >= 15 is 0 Å². The number of ether oxygens (including phenoxy) is 1. The van der Waals surface area contributed by atoms with E-state index in [-0.39, 0.29) is 17.4 Å². The van der Waals surface area contributed by atoms with E-state index in [0.29, 0.717) is 16.8 Å². The predicted molar refractivity (Wildman–Crippen MR) is 97.9 cm³/mol. The minimum Gasteiger partial charge on any atom is -0.474 e. The minimum atomic E-state index is -0.752. The molecule has 1 aliphatic rings. The van der Waals surface area contributed by atoms with Crippen LogP contribution in [-0.2, 0) is 10.8 Å². The number of fused-ring (bicyclic) bond motifs is 1. The summed E-state index contributed by atoms with van der Waals surface area (Å²) in [5, 5.41) is 2.42. The molecule has 7 heteroatoms. The van der Waals surface area contributed by atoms with Crippen LogP contribution in [0.4, 0.5) is 0 Å². The highest BCUT2D eigenvalue weighted by atomic mass is 35.5. The van der Waals surface area contributed by atoms with Crippen LogP contribution >= 0.6 is 11.6 Å². The van der Waals surface area contributed by atoms with Crippen molar-refractivity contribution in [3.05, 3.63) is 29.2 Å². The lowest BCUT2D eigenvalue weighted by molar-refractivity contribution is 0.121. The maximum Gasteiger partial charge on any atom is 0.223 e. The first-order chi connectivity index (χ1) is 11.5. The summed E-state index contributed by atoms with van der Waals surface area (Å²) in [6.07, 6.45) is 5.93. The lowest BCUT2D eigenvalue weighted by Crippen LogP contribution is -2.41. The van der Waals surface area contributed by atoms with Crippen molar-refractivity contribution in [2.24, 2.45) is 5.73 Å². The average molecular weight is 368 g/mol. The molecule has 2 atom stereocenters. The SMILES string of the molecule is CCC(N)c1cnc(OC2CC(S(=O)CC)C2)c2cnc(Cl)cc12. The van der Waals surface area contributed by atoms with Crippen molar-refractivity contribution in [1.29, 1.82) is 0 Å². The van der Waals surface area contributed by atoms with E-state index in [9.17, 15) is 4.21 Å². The third kappa shape index (κ3) is 3.41. The number of hydrogen-bond acceptors (Lipinski definition) is 5. The highest BCUT2D eigenvalue weighted by Gasteiger charge is 2.35. The molecule has 0 radical (unpaired) electrons. The van der Waals surface area contributed by atoms with Crippen molar-refractivity contribution in [2.75, 3.05) is 5.75 Å². The van der Waals surface area contributed by atoms with Gasteiger partial charge in [-0.15, -0.1) is 0 Å². The summed E-state index contributed by atoms with van der Waals surface area (Å²) in [6, 6.07) is 1.71. The summed E-state index contributed by atoms with van der Waals surface area (Å²) in [5.41, 5.74) is 7.13. The van der Waals surface area contributed by atoms with Crippen LogP contribution in [0, 0.1) is 0 Å². The van der Waals surface area contributed by atoms with Gasteiger partial charge in [0.05, 0.1) is 5.39 Å². The second kappa shape index (κ2) is 7.33. The first kappa shape index (κ1) is 17.6. The summed E-state index contributed by atoms with van der Waals surface area (Å²) in [6.45, 7) is 3.98. The number of aromatic nitrogens is 2. The van der Waals surface area contributed by atoms with Crippen molar-refractivity contribution in [3.63, 3.8) is 0 Å². The summed E-state index contributed by atoms with van der Waals surface area (Å²) < 4.78 is 17.8. The van der Waals surface area contributed by atoms with Crippen LogP contribution in [0.5, 0.6) is 5.88 Å². The van der Waals surface area contributed by atoms with Gasteiger partial charge in [0.15, 0.2) is 0 Å². The largest absolute Gasteiger partial charge is 0.474 e. The summed E-state index contributed by atoms with van der Waals surface area (Å²) in [4.78, 5) is 8.61. The van der Waals surface area contributed by atoms with Gasteiger partial charge in [-0.1, -0.05) is 25.4 Å². The minimum absolute atomic E-state index is 0.0579. The molecule has 1 fully saturated rings. The molecule has 3 rings (SSSR count). The van der Waals surface area contributed by atoms with E-state index < -0.39 is 10.8 Å². The number of nitrogens with zero attached hydrogens (tertiary/aromatic N) is 2. The van der Waals surface area contributed by atoms with Crippen LogP contribution in [0.25, 0.3) is 10.8 Å². The monoisotopic (exact) mass is 367 g/mol. The number of hydrogen-bond donors (Lipinski definition) is 1. The zero-order valence-corrected chi connectivity index (χ0v) is 15.4. The van der Waals surface area contributed by atoms with Crippen LogP contribution < -0.4 is 10.5 Å². The molecule has 5 nitrogen and oxygen atoms in total. The fourth-order valence-electron chi connectivity index (χ4n) is 2.94. The smallest absolute Gasteiger partial charge is 0.223 e. The van der Waals surface area contributed by atoms with Gasteiger partial charge >= 0.3 is 0 Å². The Kier molecular flexibility index (Phi) is 5.37. The quantitative estimate of drug-likeness (QED) is 0.792. The zero-order chi connectivity index (χ0) is 17.3. The molecule has 0 amide bonds. The molecule has 2 aromatic heterocycles. The molecule has 0 aliphatic heterocycles. The van der Waals surface area contributed by atoms with Gasteiger partial charge in [0, 0.05) is 40.2 Å². The fraction of sp³-hybridized carbons (Fsp3) is 0.529. The molecular formula is C17H22ClN3O2S. The molecule has 0 saturated heterocycles. The molecular weight excluding hydrogens is 346 g/mol. The number of rotatable bonds is 6. The Morgan fingerprint density at radius 1 is 1.33 bits per heavy atom. The van der Waals surface area contributed by atoms with Crippen LogP contribution in [0.3, 0.4) is 0 Å². The van der Waals surface area contributed by atoms with E-state index in [0.717, 1.165) is 35.6 Å². The van der Waals surface area contributed by atoms with E-state index in [2.05, 4.69) is 9.97 Å². The van der Waals surface area contributed by atoms with Crippen molar-refractivity contribution >= 4 is 33.2 Å². The van der Waals surface area contributed by atoms with Gasteiger partial charge in [-0.05, 0) is 36.3 Å². The van der Waals surface area contributed by atoms with Crippen LogP contribution in [0.1, 0.15) is 44.7 Å². The first-order valence-corrected chi connectivity index (χ1v) is 10.0. The molecule has 2 N–H and O–H groups in total. The Morgan fingerprint density at radius 3 is 2.75 bits per heavy atom. The Hall–Kier alpha value is -1.24. The van der Waals surface area contributed by atoms with Crippen LogP contribution in [-0.4, -0.2) is 31.3 Å². The van der Waals surface area contributed by atoms with Gasteiger partial charge in [0.1, 0.15) is 11.3 Å². The Balaban J connectivity index is 1.86. The van der Waals surface area contributed by atoms with Gasteiger partial charge < -0.3 is 10.5 Å². The second-order valence-corrected chi connectivity index (χ2v) is 8.48. The molecule has 2 unspecified atom stereocenters. The summed E-state index contributed by atoms with van der Waals surface area (Å²) >= 11 is 6.06. The highest BCUT2D eigenvalue weighted by molar-refractivity contribution is 7.85. The maximum atomic E-state index is 11.8. The maximum absolute atomic E-state index is 11.8. The number of halogens is 1. The van der Waals surface area contributed by atoms with Crippen molar-refractivity contribution in [2.45, 2.75) is 50.5 Å². The Labute approximate surface area is 149 Å². The molecule has 2 aromatic rings. The zero-order valence-electron chi connectivity index (χ0n) is 13.9. The van der Waals surface area contributed by atoms with Crippen LogP contribution in [0.2, 0.25) is 5.15 Å². The summed E-state index contributed by atoms with van der Waals surface area (Å²) in [5.74, 6) is 1.25. The third-order valence-electron chi connectivity index (χ3n) is 4.56. The van der Waals surface area contributed by atoms with E-state index in [1.807, 2.05) is 19.9 Å². The molecule has 0 spiro atoms. The van der Waals surface area contributed by atoms with E-state index in [4.69, 9.17) is 22.1 Å². The van der Waals surface area contributed by atoms with Crippen molar-refractivity contribution in [1.82, 2.24) is 9.97 Å². The molecule has 1 aliphatic carbocycles. The molecule has 0 aromatic carbocycles. The lowest BCUT2D eigenvalue weighted by atomic mass is 9.95. The molecule has 130 valence electrons. The van der Waals surface area contributed by atoms with Crippen molar-refractivity contribution in [3.8, 4) is 5.88 Å². The molecule has 2 heterocycles. The van der Waals surface area contributed by atoms with E-state index in [1.165, 1.54) is 0 Å². The topological polar surface area (TPSA) is 78.1 Å². The van der Waals surface area contributed by atoms with Gasteiger partial charge in [-0.2, -0.15) is 0 Å². The second-order valence-electron chi connectivity index (χ2n) is 6.09. The molecule has 24 heavy (non-hydrogen) atoms. The normalized spacial score (nSPS) is 22.8. The first-order valence-electron chi connectivity index (χ1n) is 8.27. The van der Waals surface area contributed by atoms with Gasteiger partial charge in [0.25, 0.3) is 0 Å². The predicted octanol–water partition coefficient (Wildman–Crippen LogP) is 3.37. The van der Waals surface area contributed by atoms with Gasteiger partial charge in [0.2, 0.25) is 5.88 Å². The fourth-order valence-corrected chi connectivity index (χ4v) is 4.43. The highest BCUT2D eigenvalue weighted by Crippen LogP contribution is 2.35. The van der Waals surface area contributed by atoms with Crippen molar-refractivity contribution < 1.29 is 8.95 Å². The number of pyridine rings is 2. The third-order valence-corrected chi connectivity index (χ3v) is 6.46. The summed E-state index contributed by atoms with van der Waals surface area (Å²) in [7, 11) is -0.752. The average Bonchev–Trinajstić information content (AvgIpc) is 2.55. The Morgan fingerprint density at radius 2 is 2.08 bits per heavy atom. The van der Waals surface area contributed by atoms with Gasteiger partial charge in [-0.3, -0.25) is 4.21 Å². The molecule has 0 bridgehead atoms. The van der Waals surface area contributed by atoms with E-state index in [1.54, 1.807) is 12.4 Å². The standard InChI is InChI=1S/C17H22ClN3O2S/c1-3-15(19)13-8-21-17(14-9-20-16(18)7-12(13)14)23-10-5-11(6-10)24(22)4-2/h7-11,15H,3-6,19H2,1-2H3. The lowest BCUT2D eigenvalue weighted by Gasteiger charge is -2.34. The van der Waals surface area contributed by atoms with Gasteiger partial charge in [-0.25, -0.2) is 9.97 Å². The van der Waals surface area contributed by atoms with Crippen LogP contribution in [0.15, 0.2) is 18.5 Å².